The van der Waals surface area contributed by atoms with E-state index in [-0.39, 0.29) is 17.7 Å². The van der Waals surface area contributed by atoms with E-state index in [1.165, 1.54) is 29.3 Å². The zero-order valence-electron chi connectivity index (χ0n) is 14.9. The van der Waals surface area contributed by atoms with Crippen molar-refractivity contribution in [2.45, 2.75) is 26.2 Å². The number of amides is 1. The van der Waals surface area contributed by atoms with Crippen molar-refractivity contribution in [1.82, 2.24) is 15.1 Å². The molecular formula is C19H20FN3O3. The van der Waals surface area contributed by atoms with Crippen LogP contribution in [0.15, 0.2) is 36.7 Å². The minimum atomic E-state index is -0.548. The Balaban J connectivity index is 2.08. The number of nitrogens with one attached hydrogen (secondary N) is 1. The van der Waals surface area contributed by atoms with Gasteiger partial charge in [-0.05, 0) is 25.1 Å². The van der Waals surface area contributed by atoms with Gasteiger partial charge in [0.25, 0.3) is 5.91 Å². The van der Waals surface area contributed by atoms with Crippen molar-refractivity contribution in [3.63, 3.8) is 0 Å². The summed E-state index contributed by atoms with van der Waals surface area (Å²) in [5, 5.41) is 6.88. The van der Waals surface area contributed by atoms with Crippen molar-refractivity contribution < 1.29 is 18.7 Å². The highest BCUT2D eigenvalue weighted by Gasteiger charge is 2.36. The van der Waals surface area contributed by atoms with Gasteiger partial charge in [0.1, 0.15) is 11.4 Å². The fourth-order valence-electron chi connectivity index (χ4n) is 3.06. The first-order chi connectivity index (χ1) is 12.3. The summed E-state index contributed by atoms with van der Waals surface area (Å²) in [5.74, 6) is -1.43. The van der Waals surface area contributed by atoms with Crippen LogP contribution in [0.4, 0.5) is 4.39 Å². The molecule has 0 fully saturated rings. The molecule has 1 aromatic heterocycles. The Hall–Kier alpha value is -2.96. The highest BCUT2D eigenvalue weighted by Crippen LogP contribution is 2.34. The molecule has 0 radical (unpaired) electrons. The van der Waals surface area contributed by atoms with Crippen LogP contribution in [0.3, 0.4) is 0 Å². The van der Waals surface area contributed by atoms with E-state index in [0.717, 1.165) is 5.56 Å². The molecule has 26 heavy (non-hydrogen) atoms. The maximum absolute atomic E-state index is 13.5. The molecule has 3 rings (SSSR count). The largest absolute Gasteiger partial charge is 0.462 e. The maximum Gasteiger partial charge on any atom is 0.341 e. The van der Waals surface area contributed by atoms with Crippen molar-refractivity contribution in [1.29, 1.82) is 0 Å². The number of benzene rings is 1. The second kappa shape index (κ2) is 6.74. The second-order valence-corrected chi connectivity index (χ2v) is 6.75. The van der Waals surface area contributed by atoms with E-state index in [0.29, 0.717) is 12.2 Å². The highest BCUT2D eigenvalue weighted by atomic mass is 19.1. The summed E-state index contributed by atoms with van der Waals surface area (Å²) in [7, 11) is 0. The molecule has 136 valence electrons. The Morgan fingerprint density at radius 2 is 2.15 bits per heavy atom. The number of carbonyl (C=O) groups excluding carboxylic acids is 2. The summed E-state index contributed by atoms with van der Waals surface area (Å²) in [6, 6.07) is 5.48. The summed E-state index contributed by atoms with van der Waals surface area (Å²) < 4.78 is 18.7. The molecule has 1 aliphatic heterocycles. The van der Waals surface area contributed by atoms with Crippen molar-refractivity contribution in [2.75, 3.05) is 13.2 Å². The number of hydrogen-bond donors (Lipinski definition) is 1. The zero-order chi connectivity index (χ0) is 18.9. The molecule has 1 aromatic carbocycles. The minimum Gasteiger partial charge on any atom is -0.462 e. The van der Waals surface area contributed by atoms with Gasteiger partial charge in [-0.3, -0.25) is 9.89 Å². The van der Waals surface area contributed by atoms with Crippen LogP contribution < -0.4 is 0 Å². The van der Waals surface area contributed by atoms with Crippen LogP contribution in [0.2, 0.25) is 0 Å². The normalized spacial score (nSPS) is 15.7. The average Bonchev–Trinajstić information content (AvgIpc) is 3.04. The van der Waals surface area contributed by atoms with Crippen LogP contribution in [0.1, 0.15) is 42.4 Å². The number of ether oxygens (including phenoxy) is 1. The fraction of sp³-hybridized carbons (Fsp3) is 0.316. The number of nitrogens with zero attached hydrogens (tertiary/aromatic N) is 2. The quantitative estimate of drug-likeness (QED) is 0.857. The SMILES string of the molecule is CCOC(=O)C1=CN(C(=O)c2cccc(F)c2)CC(C)(C)c2cn[nH]c21. The van der Waals surface area contributed by atoms with Crippen molar-refractivity contribution in [2.24, 2.45) is 0 Å². The molecule has 0 saturated carbocycles. The standard InChI is InChI=1S/C19H20FN3O3/c1-4-26-18(25)14-10-23(17(24)12-6-5-7-13(20)8-12)11-19(2,3)15-9-21-22-16(14)15/h5-10H,4,11H2,1-3H3,(H,21,22). The molecule has 2 heterocycles. The number of aromatic amines is 1. The van der Waals surface area contributed by atoms with Crippen LogP contribution in [-0.2, 0) is 14.9 Å². The van der Waals surface area contributed by atoms with E-state index >= 15 is 0 Å². The number of hydrogen-bond acceptors (Lipinski definition) is 4. The molecule has 0 atom stereocenters. The van der Waals surface area contributed by atoms with Gasteiger partial charge in [0.15, 0.2) is 0 Å². The lowest BCUT2D eigenvalue weighted by Crippen LogP contribution is -2.36. The number of rotatable bonds is 3. The molecule has 1 N–H and O–H groups in total. The predicted octanol–water partition coefficient (Wildman–Crippen LogP) is 2.89. The van der Waals surface area contributed by atoms with Gasteiger partial charge in [-0.25, -0.2) is 9.18 Å². The van der Waals surface area contributed by atoms with Crippen LogP contribution in [0.5, 0.6) is 0 Å². The smallest absolute Gasteiger partial charge is 0.341 e. The Morgan fingerprint density at radius 1 is 1.38 bits per heavy atom. The lowest BCUT2D eigenvalue weighted by Gasteiger charge is -2.28. The van der Waals surface area contributed by atoms with Crippen LogP contribution >= 0.6 is 0 Å². The first kappa shape index (κ1) is 17.8. The summed E-state index contributed by atoms with van der Waals surface area (Å²) in [5.41, 5.74) is 1.30. The fourth-order valence-corrected chi connectivity index (χ4v) is 3.06. The number of aromatic nitrogens is 2. The summed E-state index contributed by atoms with van der Waals surface area (Å²) >= 11 is 0. The summed E-state index contributed by atoms with van der Waals surface area (Å²) in [4.78, 5) is 26.8. The van der Waals surface area contributed by atoms with Gasteiger partial charge in [-0.15, -0.1) is 0 Å². The molecule has 1 amide bonds. The summed E-state index contributed by atoms with van der Waals surface area (Å²) in [6.07, 6.45) is 3.11. The van der Waals surface area contributed by atoms with E-state index < -0.39 is 23.1 Å². The molecule has 2 aromatic rings. The van der Waals surface area contributed by atoms with Gasteiger partial charge in [0.2, 0.25) is 0 Å². The van der Waals surface area contributed by atoms with Crippen molar-refractivity contribution >= 4 is 17.4 Å². The van der Waals surface area contributed by atoms with Crippen molar-refractivity contribution in [3.05, 3.63) is 59.3 Å². The van der Waals surface area contributed by atoms with E-state index in [9.17, 15) is 14.0 Å². The van der Waals surface area contributed by atoms with Gasteiger partial charge >= 0.3 is 5.97 Å². The van der Waals surface area contributed by atoms with Crippen molar-refractivity contribution in [3.8, 4) is 0 Å². The predicted molar refractivity (Wildman–Crippen MR) is 93.7 cm³/mol. The molecule has 0 aliphatic carbocycles. The zero-order valence-corrected chi connectivity index (χ0v) is 14.9. The number of halogens is 1. The minimum absolute atomic E-state index is 0.209. The maximum atomic E-state index is 13.5. The lowest BCUT2D eigenvalue weighted by atomic mass is 9.84. The average molecular weight is 357 g/mol. The Bertz CT molecular complexity index is 886. The first-order valence-corrected chi connectivity index (χ1v) is 8.33. The third-order valence-electron chi connectivity index (χ3n) is 4.32. The molecule has 0 bridgehead atoms. The molecule has 0 saturated heterocycles. The van der Waals surface area contributed by atoms with Crippen LogP contribution in [0, 0.1) is 5.82 Å². The molecule has 7 heteroatoms. The first-order valence-electron chi connectivity index (χ1n) is 8.33. The Kier molecular flexibility index (Phi) is 4.63. The van der Waals surface area contributed by atoms with E-state index in [4.69, 9.17) is 4.74 Å². The van der Waals surface area contributed by atoms with Gasteiger partial charge in [-0.1, -0.05) is 19.9 Å². The summed E-state index contributed by atoms with van der Waals surface area (Å²) in [6.45, 7) is 6.13. The molecule has 0 spiro atoms. The molecular weight excluding hydrogens is 337 g/mol. The molecule has 0 unspecified atom stereocenters. The number of carbonyl (C=O) groups is 2. The van der Waals surface area contributed by atoms with Gasteiger partial charge in [-0.2, -0.15) is 5.10 Å². The Morgan fingerprint density at radius 3 is 2.85 bits per heavy atom. The van der Waals surface area contributed by atoms with Gasteiger partial charge < -0.3 is 9.64 Å². The highest BCUT2D eigenvalue weighted by molar-refractivity contribution is 6.17. The third kappa shape index (κ3) is 3.24. The number of H-pyrrole nitrogens is 1. The molecule has 1 aliphatic rings. The Labute approximate surface area is 150 Å². The van der Waals surface area contributed by atoms with E-state index in [1.54, 1.807) is 19.2 Å². The lowest BCUT2D eigenvalue weighted by molar-refractivity contribution is -0.136. The van der Waals surface area contributed by atoms with Gasteiger partial charge in [0, 0.05) is 29.3 Å². The van der Waals surface area contributed by atoms with Crippen LogP contribution in [0.25, 0.3) is 5.57 Å². The molecule has 6 nitrogen and oxygen atoms in total. The van der Waals surface area contributed by atoms with E-state index in [2.05, 4.69) is 10.2 Å². The third-order valence-corrected chi connectivity index (χ3v) is 4.32. The van der Waals surface area contributed by atoms with Crippen LogP contribution in [-0.4, -0.2) is 40.1 Å². The monoisotopic (exact) mass is 357 g/mol. The van der Waals surface area contributed by atoms with Gasteiger partial charge in [0.05, 0.1) is 18.5 Å². The number of esters is 1. The topological polar surface area (TPSA) is 75.3 Å². The number of fused-ring (bicyclic) bond motifs is 1. The second-order valence-electron chi connectivity index (χ2n) is 6.75. The van der Waals surface area contributed by atoms with E-state index in [1.807, 2.05) is 13.8 Å².